The Kier molecular flexibility index (Phi) is 13.4. The summed E-state index contributed by atoms with van der Waals surface area (Å²) in [6.45, 7) is 11.9. The molecule has 0 atom stereocenters. The van der Waals surface area contributed by atoms with Gasteiger partial charge in [0.25, 0.3) is 11.5 Å². The maximum absolute atomic E-state index is 13.4. The molecule has 1 aliphatic heterocycles. The van der Waals surface area contributed by atoms with Crippen molar-refractivity contribution in [3.05, 3.63) is 124 Å². The minimum Gasteiger partial charge on any atom is -0.491 e. The van der Waals surface area contributed by atoms with Crippen LogP contribution in [-0.2, 0) is 27.4 Å². The van der Waals surface area contributed by atoms with E-state index >= 15 is 0 Å². The number of piperidine rings is 1. The van der Waals surface area contributed by atoms with Crippen molar-refractivity contribution >= 4 is 44.2 Å². The number of aromatic amines is 1. The molecule has 1 aliphatic carbocycles. The van der Waals surface area contributed by atoms with Crippen molar-refractivity contribution < 1.29 is 32.2 Å². The van der Waals surface area contributed by atoms with E-state index in [0.29, 0.717) is 93.4 Å². The number of ether oxygens (including phenoxy) is 4. The highest BCUT2D eigenvalue weighted by Gasteiger charge is 2.64. The molecule has 4 heterocycles. The molecule has 0 unspecified atom stereocenters. The summed E-state index contributed by atoms with van der Waals surface area (Å²) in [6.07, 6.45) is 7.93. The van der Waals surface area contributed by atoms with Gasteiger partial charge < -0.3 is 38.7 Å². The fraction of sp³-hybridized carbons (Fsp3) is 0.380. The van der Waals surface area contributed by atoms with Gasteiger partial charge >= 0.3 is 0 Å². The van der Waals surface area contributed by atoms with Crippen molar-refractivity contribution in [1.29, 1.82) is 5.26 Å². The number of nitrogens with one attached hydrogen (secondary N) is 2. The summed E-state index contributed by atoms with van der Waals surface area (Å²) in [4.78, 5) is 40.5. The lowest BCUT2D eigenvalue weighted by atomic mass is 9.49. The first kappa shape index (κ1) is 47.1. The number of halogens is 1. The van der Waals surface area contributed by atoms with E-state index in [9.17, 15) is 23.3 Å². The van der Waals surface area contributed by atoms with Crippen LogP contribution in [0.1, 0.15) is 68.9 Å². The summed E-state index contributed by atoms with van der Waals surface area (Å²) in [7, 11) is -1.63. The Labute approximate surface area is 394 Å². The largest absolute Gasteiger partial charge is 0.491 e. The number of carbonyl (C=O) groups excluding carboxylic acids is 1. The Hall–Kier alpha value is -6.41. The lowest BCUT2D eigenvalue weighted by Gasteiger charge is -2.63. The number of nitriles is 1. The van der Waals surface area contributed by atoms with Gasteiger partial charge in [0.05, 0.1) is 34.6 Å². The molecule has 17 heteroatoms. The SMILES string of the molecule is CCS(=O)(=O)Cc1ccc(Oc2cccc(OCCOC3CCN(c4ncc(C(=O)NC5C(C)(C)C(Oc6ccc(C#N)c(Cl)c6)C5(C)C)cn4)CC3)c2)c(-c2cn(C)c(=O)c3[nH]ccc23)c1. The van der Waals surface area contributed by atoms with E-state index in [4.69, 9.17) is 30.5 Å². The molecule has 2 fully saturated rings. The number of benzene rings is 3. The first-order valence-electron chi connectivity index (χ1n) is 22.2. The van der Waals surface area contributed by atoms with Gasteiger partial charge in [0.1, 0.15) is 47.3 Å². The highest BCUT2D eigenvalue weighted by Crippen LogP contribution is 2.55. The summed E-state index contributed by atoms with van der Waals surface area (Å²) < 4.78 is 51.7. The number of H-pyrrole nitrogens is 1. The highest BCUT2D eigenvalue weighted by molar-refractivity contribution is 7.90. The summed E-state index contributed by atoms with van der Waals surface area (Å²) >= 11 is 6.25. The van der Waals surface area contributed by atoms with E-state index in [0.717, 1.165) is 18.4 Å². The van der Waals surface area contributed by atoms with Crippen LogP contribution in [0, 0.1) is 22.2 Å². The summed E-state index contributed by atoms with van der Waals surface area (Å²) in [5, 5.41) is 13.5. The van der Waals surface area contributed by atoms with Crippen LogP contribution in [0.25, 0.3) is 22.0 Å². The Morgan fingerprint density at radius 2 is 1.69 bits per heavy atom. The van der Waals surface area contributed by atoms with Crippen LogP contribution < -0.4 is 30.0 Å². The molecule has 1 saturated carbocycles. The molecule has 1 amide bonds. The van der Waals surface area contributed by atoms with Crippen LogP contribution >= 0.6 is 11.6 Å². The van der Waals surface area contributed by atoms with E-state index in [1.165, 1.54) is 4.57 Å². The first-order chi connectivity index (χ1) is 32.0. The number of anilines is 1. The fourth-order valence-corrected chi connectivity index (χ4v) is 10.7. The van der Waals surface area contributed by atoms with Gasteiger partial charge in [-0.05, 0) is 60.9 Å². The molecular weight excluding hydrogens is 894 g/mol. The maximum Gasteiger partial charge on any atom is 0.274 e. The molecule has 0 radical (unpaired) electrons. The topological polar surface area (TPSA) is 191 Å². The number of nitrogens with zero attached hydrogens (tertiary/aromatic N) is 5. The fourth-order valence-electron chi connectivity index (χ4n) is 9.57. The summed E-state index contributed by atoms with van der Waals surface area (Å²) in [6, 6.07) is 21.3. The lowest BCUT2D eigenvalue weighted by molar-refractivity contribution is -0.164. The Morgan fingerprint density at radius 1 is 0.955 bits per heavy atom. The third-order valence-corrected chi connectivity index (χ3v) is 14.8. The minimum atomic E-state index is -3.30. The molecule has 0 spiro atoms. The molecule has 2 aliphatic rings. The number of fused-ring (bicyclic) bond motifs is 1. The monoisotopic (exact) mass is 947 g/mol. The zero-order valence-electron chi connectivity index (χ0n) is 38.3. The highest BCUT2D eigenvalue weighted by atomic mass is 35.5. The smallest absolute Gasteiger partial charge is 0.274 e. The number of aryl methyl sites for hydroxylation is 1. The predicted octanol–water partition coefficient (Wildman–Crippen LogP) is 8.25. The van der Waals surface area contributed by atoms with Crippen LogP contribution in [0.15, 0.2) is 96.3 Å². The van der Waals surface area contributed by atoms with Gasteiger partial charge in [0.2, 0.25) is 5.95 Å². The van der Waals surface area contributed by atoms with E-state index in [2.05, 4.69) is 58.9 Å². The molecule has 2 N–H and O–H groups in total. The molecule has 8 rings (SSSR count). The number of hydrogen-bond donors (Lipinski definition) is 2. The second-order valence-electron chi connectivity index (χ2n) is 18.3. The Morgan fingerprint density at radius 3 is 2.39 bits per heavy atom. The van der Waals surface area contributed by atoms with Gasteiger partial charge in [0.15, 0.2) is 9.84 Å². The van der Waals surface area contributed by atoms with Gasteiger partial charge in [0, 0.05) is 96.2 Å². The first-order valence-corrected chi connectivity index (χ1v) is 24.4. The zero-order chi connectivity index (χ0) is 47.7. The Bertz CT molecular complexity index is 2990. The second-order valence-corrected chi connectivity index (χ2v) is 21.0. The van der Waals surface area contributed by atoms with E-state index in [-0.39, 0.29) is 41.2 Å². The van der Waals surface area contributed by atoms with Crippen LogP contribution in [0.2, 0.25) is 5.02 Å². The van der Waals surface area contributed by atoms with Gasteiger partial charge in [-0.15, -0.1) is 0 Å². The number of hydrogen-bond acceptors (Lipinski definition) is 12. The van der Waals surface area contributed by atoms with Gasteiger partial charge in [-0.1, -0.05) is 58.4 Å². The number of pyridine rings is 1. The molecular formula is C50H54ClN7O8S. The van der Waals surface area contributed by atoms with Crippen molar-refractivity contribution in [2.24, 2.45) is 17.9 Å². The maximum atomic E-state index is 13.4. The van der Waals surface area contributed by atoms with Crippen molar-refractivity contribution in [2.75, 3.05) is 37.0 Å². The molecule has 6 aromatic rings. The summed E-state index contributed by atoms with van der Waals surface area (Å²) in [5.74, 6) is 2.37. The van der Waals surface area contributed by atoms with Crippen LogP contribution in [0.4, 0.5) is 5.95 Å². The lowest BCUT2D eigenvalue weighted by Crippen LogP contribution is -2.74. The average molecular weight is 949 g/mol. The van der Waals surface area contributed by atoms with Crippen LogP contribution in [-0.4, -0.2) is 84.1 Å². The van der Waals surface area contributed by atoms with Crippen molar-refractivity contribution in [1.82, 2.24) is 24.8 Å². The second kappa shape index (κ2) is 19.1. The molecule has 15 nitrogen and oxygen atoms in total. The van der Waals surface area contributed by atoms with Gasteiger partial charge in [-0.3, -0.25) is 9.59 Å². The number of rotatable bonds is 16. The minimum absolute atomic E-state index is 0.0221. The van der Waals surface area contributed by atoms with Crippen LogP contribution in [0.3, 0.4) is 0 Å². The van der Waals surface area contributed by atoms with Gasteiger partial charge in [-0.25, -0.2) is 18.4 Å². The van der Waals surface area contributed by atoms with Gasteiger partial charge in [-0.2, -0.15) is 5.26 Å². The van der Waals surface area contributed by atoms with Crippen molar-refractivity contribution in [3.8, 4) is 40.2 Å². The van der Waals surface area contributed by atoms with E-state index in [1.807, 2.05) is 30.3 Å². The van der Waals surface area contributed by atoms with Crippen molar-refractivity contribution in [2.45, 2.75) is 71.5 Å². The average Bonchev–Trinajstić information content (AvgIpc) is 3.81. The van der Waals surface area contributed by atoms with E-state index in [1.54, 1.807) is 75.2 Å². The predicted molar refractivity (Wildman–Crippen MR) is 257 cm³/mol. The number of amides is 1. The molecule has 1 saturated heterocycles. The molecule has 3 aromatic carbocycles. The number of carbonyl (C=O) groups is 1. The standard InChI is InChI=1S/C50H54ClN7O8S/c1-7-67(61,62)30-31-11-14-42(39(23-31)40-29-57(6)45(60)43-38(40)15-18-53-43)65-36-10-8-9-35(24-36)64-22-21-63-34-16-19-58(20-17-34)48-54-27-33(28-55-48)44(59)56-46-49(2,3)47(50(46,4)5)66-37-13-12-32(26-52)41(51)25-37/h8-15,18,23-25,27-29,34,46-47,53H,7,16-17,19-22,30H2,1-6H3,(H,56,59). The zero-order valence-corrected chi connectivity index (χ0v) is 39.9. The quantitative estimate of drug-likeness (QED) is 0.0885. The normalized spacial score (nSPS) is 17.9. The summed E-state index contributed by atoms with van der Waals surface area (Å²) in [5.41, 5.74) is 2.18. The van der Waals surface area contributed by atoms with Crippen molar-refractivity contribution in [3.63, 3.8) is 0 Å². The third-order valence-electron chi connectivity index (χ3n) is 12.8. The molecule has 3 aromatic heterocycles. The Balaban J connectivity index is 0.816. The molecule has 350 valence electrons. The molecule has 67 heavy (non-hydrogen) atoms. The third kappa shape index (κ3) is 10.00. The number of sulfone groups is 1. The number of aromatic nitrogens is 4. The molecule has 0 bridgehead atoms. The van der Waals surface area contributed by atoms with E-state index < -0.39 is 20.7 Å². The van der Waals surface area contributed by atoms with Crippen LogP contribution in [0.5, 0.6) is 23.0 Å².